The number of carbonyl (C=O) groups excluding carboxylic acids is 1. The number of amides is 1. The molecule has 3 aliphatic heterocycles. The molecule has 0 bridgehead atoms. The molecule has 43 heavy (non-hydrogen) atoms. The third-order valence-electron chi connectivity index (χ3n) is 9.81. The van der Waals surface area contributed by atoms with Crippen LogP contribution in [0.5, 0.6) is 5.88 Å². The van der Waals surface area contributed by atoms with E-state index in [0.717, 1.165) is 18.4 Å². The summed E-state index contributed by atoms with van der Waals surface area (Å²) in [7, 11) is 0. The molecule has 1 saturated heterocycles. The van der Waals surface area contributed by atoms with Crippen molar-refractivity contribution in [2.24, 2.45) is 11.8 Å². The molecule has 1 aliphatic carbocycles. The number of nitrogens with zero attached hydrogens (tertiary/aromatic N) is 3. The van der Waals surface area contributed by atoms with Gasteiger partial charge in [-0.2, -0.15) is 5.10 Å². The molecule has 0 radical (unpaired) electrons. The van der Waals surface area contributed by atoms with Gasteiger partial charge in [-0.3, -0.25) is 9.69 Å². The number of likely N-dealkylation sites (tertiary alicyclic amines) is 1. The molecule has 0 unspecified atom stereocenters. The topological polar surface area (TPSA) is 96.7 Å². The maximum atomic E-state index is 16.1. The highest BCUT2D eigenvalue weighted by Gasteiger charge is 2.68. The number of rotatable bonds is 4. The van der Waals surface area contributed by atoms with Crippen LogP contribution >= 0.6 is 23.2 Å². The number of nitrogens with one attached hydrogen (secondary N) is 1. The fraction of sp³-hybridized carbons (Fsp3) is 0.344. The van der Waals surface area contributed by atoms with Crippen LogP contribution in [0.25, 0.3) is 10.9 Å². The Balaban J connectivity index is 1.37. The Kier molecular flexibility index (Phi) is 5.90. The van der Waals surface area contributed by atoms with Crippen LogP contribution in [-0.2, 0) is 16.9 Å². The first-order chi connectivity index (χ1) is 20.7. The lowest BCUT2D eigenvalue weighted by Crippen LogP contribution is -2.53. The molecule has 8 rings (SSSR count). The SMILES string of the molecule is Cc1c(C(=O)O)ccc2nn3c(c12)OC[C@H]1[C@@H](C3)[C@H](c2cccc(Cl)c2F)[C@]2(C(=O)Nc3cc(Cl)ccc32)N1CC1CC1. The highest BCUT2D eigenvalue weighted by Crippen LogP contribution is 2.61. The lowest BCUT2D eigenvalue weighted by Gasteiger charge is -2.40. The number of hydrogen-bond acceptors (Lipinski definition) is 5. The van der Waals surface area contributed by atoms with Gasteiger partial charge < -0.3 is 15.2 Å². The number of aromatic carboxylic acids is 1. The van der Waals surface area contributed by atoms with Crippen LogP contribution in [0.1, 0.15) is 45.8 Å². The summed E-state index contributed by atoms with van der Waals surface area (Å²) in [6.45, 7) is 2.94. The molecular weight excluding hydrogens is 594 g/mol. The first-order valence-corrected chi connectivity index (χ1v) is 15.1. The molecule has 1 amide bonds. The number of carboxylic acids is 1. The predicted octanol–water partition coefficient (Wildman–Crippen LogP) is 6.22. The van der Waals surface area contributed by atoms with Gasteiger partial charge in [0.15, 0.2) is 0 Å². The van der Waals surface area contributed by atoms with Crippen LogP contribution in [0.2, 0.25) is 10.0 Å². The van der Waals surface area contributed by atoms with Gasteiger partial charge in [0, 0.05) is 41.2 Å². The summed E-state index contributed by atoms with van der Waals surface area (Å²) < 4.78 is 24.4. The molecular formula is C32H27Cl2FN4O4. The summed E-state index contributed by atoms with van der Waals surface area (Å²) in [4.78, 5) is 28.6. The molecule has 4 atom stereocenters. The molecule has 1 aromatic heterocycles. The first-order valence-electron chi connectivity index (χ1n) is 14.4. The minimum atomic E-state index is -1.23. The van der Waals surface area contributed by atoms with E-state index in [1.165, 1.54) is 6.07 Å². The largest absolute Gasteiger partial charge is 0.478 e. The molecule has 8 nitrogen and oxygen atoms in total. The van der Waals surface area contributed by atoms with E-state index < -0.39 is 23.2 Å². The van der Waals surface area contributed by atoms with E-state index >= 15 is 4.39 Å². The van der Waals surface area contributed by atoms with Crippen molar-refractivity contribution in [3.05, 3.63) is 86.6 Å². The van der Waals surface area contributed by atoms with E-state index in [9.17, 15) is 14.7 Å². The van der Waals surface area contributed by atoms with Gasteiger partial charge in [-0.25, -0.2) is 13.9 Å². The summed E-state index contributed by atoms with van der Waals surface area (Å²) in [5, 5.41) is 18.8. The van der Waals surface area contributed by atoms with E-state index in [4.69, 9.17) is 33.0 Å². The summed E-state index contributed by atoms with van der Waals surface area (Å²) >= 11 is 12.7. The Morgan fingerprint density at radius 2 is 2.02 bits per heavy atom. The van der Waals surface area contributed by atoms with Gasteiger partial charge in [-0.15, -0.1) is 0 Å². The number of ether oxygens (including phenoxy) is 1. The zero-order valence-electron chi connectivity index (χ0n) is 23.1. The second-order valence-corrected chi connectivity index (χ2v) is 12.9. The van der Waals surface area contributed by atoms with E-state index in [1.54, 1.807) is 48.0 Å². The van der Waals surface area contributed by atoms with Crippen molar-refractivity contribution in [1.82, 2.24) is 14.7 Å². The second kappa shape index (κ2) is 9.42. The Labute approximate surface area is 256 Å². The van der Waals surface area contributed by atoms with Gasteiger partial charge in [0.05, 0.1) is 27.5 Å². The van der Waals surface area contributed by atoms with Crippen molar-refractivity contribution in [2.45, 2.75) is 43.8 Å². The Morgan fingerprint density at radius 3 is 2.79 bits per heavy atom. The van der Waals surface area contributed by atoms with Gasteiger partial charge >= 0.3 is 5.97 Å². The van der Waals surface area contributed by atoms with Gasteiger partial charge in [-0.05, 0) is 67.1 Å². The smallest absolute Gasteiger partial charge is 0.335 e. The van der Waals surface area contributed by atoms with Crippen LogP contribution in [0, 0.1) is 24.6 Å². The summed E-state index contributed by atoms with van der Waals surface area (Å²) in [5.41, 5.74) is 1.87. The quantitative estimate of drug-likeness (QED) is 0.281. The molecule has 11 heteroatoms. The molecule has 1 saturated carbocycles. The van der Waals surface area contributed by atoms with Gasteiger partial charge in [0.2, 0.25) is 11.8 Å². The average molecular weight is 621 g/mol. The Hall–Kier alpha value is -3.66. The zero-order valence-corrected chi connectivity index (χ0v) is 24.6. The van der Waals surface area contributed by atoms with Crippen molar-refractivity contribution >= 4 is 51.7 Å². The molecule has 4 heterocycles. The molecule has 2 N–H and O–H groups in total. The maximum absolute atomic E-state index is 16.1. The number of hydrogen-bond donors (Lipinski definition) is 2. The number of halogens is 3. The molecule has 4 aromatic rings. The number of benzene rings is 3. The standard InChI is InChI=1S/C32H27Cl2FN4O4/c1-15-18(30(40)41)8-10-23-26(15)29-39(37-23)13-20-25(14-43-29)38(12-16-5-6-16)32(27(20)19-3-2-4-22(34)28(19)35)21-9-7-17(33)11-24(21)36-31(32)42/h2-4,7-11,16,20,25,27H,5-6,12-14H2,1H3,(H,36,42)(H,40,41)/t20-,25+,27+,32-/m1/s1. The van der Waals surface area contributed by atoms with Gasteiger partial charge in [0.25, 0.3) is 0 Å². The molecule has 2 fully saturated rings. The maximum Gasteiger partial charge on any atom is 0.335 e. The second-order valence-electron chi connectivity index (χ2n) is 12.1. The zero-order chi connectivity index (χ0) is 29.8. The number of carboxylic acid groups (broad SMARTS) is 1. The molecule has 220 valence electrons. The van der Waals surface area contributed by atoms with Crippen LogP contribution in [-0.4, -0.2) is 50.9 Å². The molecule has 4 aliphatic rings. The van der Waals surface area contributed by atoms with E-state index in [2.05, 4.69) is 10.2 Å². The fourth-order valence-corrected chi connectivity index (χ4v) is 8.18. The highest BCUT2D eigenvalue weighted by atomic mass is 35.5. The fourth-order valence-electron chi connectivity index (χ4n) is 7.83. The van der Waals surface area contributed by atoms with E-state index in [1.807, 2.05) is 6.07 Å². The summed E-state index contributed by atoms with van der Waals surface area (Å²) in [6, 6.07) is 13.3. The van der Waals surface area contributed by atoms with Crippen molar-refractivity contribution in [3.8, 4) is 5.88 Å². The van der Waals surface area contributed by atoms with Crippen LogP contribution in [0.3, 0.4) is 0 Å². The number of carbonyl (C=O) groups is 2. The monoisotopic (exact) mass is 620 g/mol. The van der Waals surface area contributed by atoms with Gasteiger partial charge in [0.1, 0.15) is 18.0 Å². The van der Waals surface area contributed by atoms with E-state index in [-0.39, 0.29) is 35.1 Å². The summed E-state index contributed by atoms with van der Waals surface area (Å²) in [5.74, 6) is -1.86. The van der Waals surface area contributed by atoms with Crippen molar-refractivity contribution < 1.29 is 23.8 Å². The van der Waals surface area contributed by atoms with Crippen LogP contribution in [0.15, 0.2) is 48.5 Å². The van der Waals surface area contributed by atoms with E-state index in [0.29, 0.717) is 57.6 Å². The number of anilines is 1. The highest BCUT2D eigenvalue weighted by molar-refractivity contribution is 6.31. The van der Waals surface area contributed by atoms with Gasteiger partial charge in [-0.1, -0.05) is 41.4 Å². The third-order valence-corrected chi connectivity index (χ3v) is 10.3. The number of fused-ring (bicyclic) bond motifs is 6. The summed E-state index contributed by atoms with van der Waals surface area (Å²) in [6.07, 6.45) is 2.11. The minimum Gasteiger partial charge on any atom is -0.478 e. The van der Waals surface area contributed by atoms with Crippen molar-refractivity contribution in [1.29, 1.82) is 0 Å². The van der Waals surface area contributed by atoms with Crippen molar-refractivity contribution in [2.75, 3.05) is 18.5 Å². The lowest BCUT2D eigenvalue weighted by atomic mass is 9.71. The Bertz CT molecular complexity index is 1870. The number of aryl methyl sites for hydroxylation is 1. The number of aromatic nitrogens is 2. The molecule has 1 spiro atoms. The average Bonchev–Trinajstić information content (AvgIpc) is 3.62. The van der Waals surface area contributed by atoms with Crippen LogP contribution in [0.4, 0.5) is 10.1 Å². The van der Waals surface area contributed by atoms with Crippen molar-refractivity contribution in [3.63, 3.8) is 0 Å². The first kappa shape index (κ1) is 26.9. The normalized spacial score (nSPS) is 26.1. The van der Waals surface area contributed by atoms with Crippen LogP contribution < -0.4 is 10.1 Å². The minimum absolute atomic E-state index is 0.00760. The lowest BCUT2D eigenvalue weighted by molar-refractivity contribution is -0.128. The Morgan fingerprint density at radius 1 is 1.21 bits per heavy atom. The molecule has 3 aromatic carbocycles. The third kappa shape index (κ3) is 3.74. The predicted molar refractivity (Wildman–Crippen MR) is 160 cm³/mol.